The number of Topliss-reactive ketones (excluding diaryl/α,β-unsaturated/α-hetero) is 1. The third kappa shape index (κ3) is 4.54. The Balaban J connectivity index is 2.25. The Bertz CT molecular complexity index is 617. The van der Waals surface area contributed by atoms with Crippen molar-refractivity contribution in [3.05, 3.63) is 46.6 Å². The summed E-state index contributed by atoms with van der Waals surface area (Å²) < 4.78 is 5.48. The zero-order valence-corrected chi connectivity index (χ0v) is 14.4. The van der Waals surface area contributed by atoms with Gasteiger partial charge in [0.15, 0.2) is 5.78 Å². The molecule has 23 heavy (non-hydrogen) atoms. The molecule has 1 heterocycles. The molecule has 0 unspecified atom stereocenters. The van der Waals surface area contributed by atoms with Crippen molar-refractivity contribution in [2.45, 2.75) is 65.4 Å². The summed E-state index contributed by atoms with van der Waals surface area (Å²) in [5.74, 6) is -0.0827. The van der Waals surface area contributed by atoms with Crippen molar-refractivity contribution in [2.24, 2.45) is 0 Å². The van der Waals surface area contributed by atoms with Crippen molar-refractivity contribution in [3.63, 3.8) is 0 Å². The van der Waals surface area contributed by atoms with Crippen LogP contribution < -0.4 is 0 Å². The van der Waals surface area contributed by atoms with E-state index >= 15 is 0 Å². The molecule has 1 atom stereocenters. The van der Waals surface area contributed by atoms with Crippen LogP contribution in [0.4, 0.5) is 0 Å². The van der Waals surface area contributed by atoms with E-state index in [9.17, 15) is 9.59 Å². The molecule has 0 aromatic rings. The zero-order valence-electron chi connectivity index (χ0n) is 14.4. The van der Waals surface area contributed by atoms with Crippen molar-refractivity contribution in [1.29, 1.82) is 0 Å². The van der Waals surface area contributed by atoms with Gasteiger partial charge < -0.3 is 4.74 Å². The fraction of sp³-hybridized carbons (Fsp3) is 0.500. The van der Waals surface area contributed by atoms with Crippen molar-refractivity contribution in [2.75, 3.05) is 0 Å². The first kappa shape index (κ1) is 17.5. The molecule has 0 amide bonds. The standard InChI is InChI=1S/C20H26O3/c1-13-6-5-7-15(3)18(21)11-9-14(2)12-19-17(10-8-13)16(4)20(22)23-19/h6,12,19H,3,5,7-11H2,1-2,4H3/b13-6+,14-12+/t19-/m0/s1. The lowest BCUT2D eigenvalue weighted by molar-refractivity contribution is -0.138. The smallest absolute Gasteiger partial charge is 0.334 e. The summed E-state index contributed by atoms with van der Waals surface area (Å²) in [5.41, 5.74) is 4.89. The van der Waals surface area contributed by atoms with Crippen LogP contribution in [0.2, 0.25) is 0 Å². The molecule has 0 spiro atoms. The quantitative estimate of drug-likeness (QED) is 0.373. The van der Waals surface area contributed by atoms with Gasteiger partial charge in [-0.25, -0.2) is 4.79 Å². The molecule has 0 aromatic heterocycles. The Kier molecular flexibility index (Phi) is 5.75. The summed E-state index contributed by atoms with van der Waals surface area (Å²) in [4.78, 5) is 24.0. The lowest BCUT2D eigenvalue weighted by atomic mass is 9.94. The Morgan fingerprint density at radius 2 is 1.70 bits per heavy atom. The third-order valence-electron chi connectivity index (χ3n) is 4.67. The van der Waals surface area contributed by atoms with Gasteiger partial charge >= 0.3 is 5.97 Å². The second-order valence-corrected chi connectivity index (χ2v) is 6.61. The average molecular weight is 314 g/mol. The summed E-state index contributed by atoms with van der Waals surface area (Å²) in [6.45, 7) is 9.85. The van der Waals surface area contributed by atoms with Crippen LogP contribution in [0.1, 0.15) is 59.3 Å². The van der Waals surface area contributed by atoms with Gasteiger partial charge in [-0.15, -0.1) is 0 Å². The minimum absolute atomic E-state index is 0.135. The Labute approximate surface area is 138 Å². The molecule has 0 aromatic carbocycles. The van der Waals surface area contributed by atoms with Crippen LogP contribution >= 0.6 is 0 Å². The first-order valence-corrected chi connectivity index (χ1v) is 8.33. The molecule has 2 aliphatic rings. The number of allylic oxidation sites excluding steroid dienone is 4. The van der Waals surface area contributed by atoms with E-state index in [0.717, 1.165) is 42.4 Å². The number of hydrogen-bond acceptors (Lipinski definition) is 3. The van der Waals surface area contributed by atoms with Gasteiger partial charge in [-0.05, 0) is 70.1 Å². The maximum absolute atomic E-state index is 12.1. The first-order valence-electron chi connectivity index (χ1n) is 8.33. The average Bonchev–Trinajstić information content (AvgIpc) is 2.76. The van der Waals surface area contributed by atoms with Crippen LogP contribution in [-0.4, -0.2) is 17.9 Å². The highest BCUT2D eigenvalue weighted by Gasteiger charge is 2.29. The van der Waals surface area contributed by atoms with Crippen molar-refractivity contribution in [3.8, 4) is 0 Å². The molecule has 1 aliphatic carbocycles. The minimum Gasteiger partial charge on any atom is -0.450 e. The molecule has 3 heteroatoms. The van der Waals surface area contributed by atoms with Crippen LogP contribution in [0.15, 0.2) is 46.6 Å². The number of hydrogen-bond donors (Lipinski definition) is 0. The second-order valence-electron chi connectivity index (χ2n) is 6.61. The van der Waals surface area contributed by atoms with Crippen LogP contribution in [-0.2, 0) is 14.3 Å². The topological polar surface area (TPSA) is 43.4 Å². The fourth-order valence-electron chi connectivity index (χ4n) is 2.98. The molecule has 0 radical (unpaired) electrons. The summed E-state index contributed by atoms with van der Waals surface area (Å²) in [7, 11) is 0. The molecular weight excluding hydrogens is 288 g/mol. The molecule has 0 N–H and O–H groups in total. The Morgan fingerprint density at radius 3 is 2.43 bits per heavy atom. The highest BCUT2D eigenvalue weighted by molar-refractivity contribution is 5.94. The summed E-state index contributed by atoms with van der Waals surface area (Å²) in [6.07, 6.45) is 8.39. The summed E-state index contributed by atoms with van der Waals surface area (Å²) in [5, 5.41) is 0. The molecular formula is C20H26O3. The number of fused-ring (bicyclic) bond motifs is 1. The predicted octanol–water partition coefficient (Wildman–Crippen LogP) is 4.60. The van der Waals surface area contributed by atoms with E-state index in [1.807, 2.05) is 19.9 Å². The first-order chi connectivity index (χ1) is 10.9. The molecule has 0 saturated heterocycles. The molecule has 124 valence electrons. The van der Waals surface area contributed by atoms with Gasteiger partial charge in [-0.2, -0.15) is 0 Å². The van der Waals surface area contributed by atoms with Crippen LogP contribution in [0, 0.1) is 0 Å². The van der Waals surface area contributed by atoms with E-state index in [4.69, 9.17) is 4.74 Å². The maximum Gasteiger partial charge on any atom is 0.334 e. The van der Waals surface area contributed by atoms with Crippen molar-refractivity contribution < 1.29 is 14.3 Å². The molecule has 0 saturated carbocycles. The molecule has 0 bridgehead atoms. The van der Waals surface area contributed by atoms with Gasteiger partial charge in [-0.3, -0.25) is 4.79 Å². The van der Waals surface area contributed by atoms with Gasteiger partial charge in [0.2, 0.25) is 0 Å². The highest BCUT2D eigenvalue weighted by atomic mass is 16.5. The number of carbonyl (C=O) groups excluding carboxylic acids is 2. The zero-order chi connectivity index (χ0) is 17.0. The van der Waals surface area contributed by atoms with Gasteiger partial charge in [0.1, 0.15) is 6.10 Å². The number of carbonyl (C=O) groups is 2. The van der Waals surface area contributed by atoms with Crippen LogP contribution in [0.5, 0.6) is 0 Å². The van der Waals surface area contributed by atoms with Crippen molar-refractivity contribution >= 4 is 11.8 Å². The van der Waals surface area contributed by atoms with Gasteiger partial charge in [0, 0.05) is 12.0 Å². The van der Waals surface area contributed by atoms with E-state index in [2.05, 4.69) is 19.6 Å². The highest BCUT2D eigenvalue weighted by Crippen LogP contribution is 2.30. The third-order valence-corrected chi connectivity index (χ3v) is 4.67. The van der Waals surface area contributed by atoms with Gasteiger partial charge in [0.25, 0.3) is 0 Å². The lowest BCUT2D eigenvalue weighted by Gasteiger charge is -2.13. The molecule has 0 fully saturated rings. The maximum atomic E-state index is 12.1. The number of ketones is 1. The fourth-order valence-corrected chi connectivity index (χ4v) is 2.98. The van der Waals surface area contributed by atoms with E-state index in [1.165, 1.54) is 5.57 Å². The lowest BCUT2D eigenvalue weighted by Crippen LogP contribution is -2.10. The SMILES string of the molecule is C=C1CC/C=C(\C)CCC2=C(C)C(=O)O[C@H]2/C=C(\C)CCC1=O. The predicted molar refractivity (Wildman–Crippen MR) is 91.9 cm³/mol. The molecule has 3 nitrogen and oxygen atoms in total. The Hall–Kier alpha value is -1.90. The van der Waals surface area contributed by atoms with E-state index in [1.54, 1.807) is 0 Å². The monoisotopic (exact) mass is 314 g/mol. The Morgan fingerprint density at radius 1 is 1.00 bits per heavy atom. The van der Waals surface area contributed by atoms with Gasteiger partial charge in [-0.1, -0.05) is 23.8 Å². The largest absolute Gasteiger partial charge is 0.450 e. The van der Waals surface area contributed by atoms with Crippen LogP contribution in [0.3, 0.4) is 0 Å². The molecule has 2 rings (SSSR count). The van der Waals surface area contributed by atoms with E-state index < -0.39 is 0 Å². The number of ether oxygens (including phenoxy) is 1. The molecule has 1 aliphatic heterocycles. The number of esters is 1. The minimum atomic E-state index is -0.267. The van der Waals surface area contributed by atoms with E-state index in [-0.39, 0.29) is 17.9 Å². The van der Waals surface area contributed by atoms with Crippen molar-refractivity contribution in [1.82, 2.24) is 0 Å². The second kappa shape index (κ2) is 7.58. The normalized spacial score (nSPS) is 29.2. The summed E-state index contributed by atoms with van der Waals surface area (Å²) >= 11 is 0. The summed E-state index contributed by atoms with van der Waals surface area (Å²) in [6, 6.07) is 0. The number of rotatable bonds is 0. The van der Waals surface area contributed by atoms with E-state index in [0.29, 0.717) is 18.4 Å². The van der Waals surface area contributed by atoms with Crippen LogP contribution in [0.25, 0.3) is 0 Å². The van der Waals surface area contributed by atoms with Gasteiger partial charge in [0.05, 0.1) is 0 Å².